The molecule has 2 rings (SSSR count). The van der Waals surface area contributed by atoms with Crippen LogP contribution in [0.15, 0.2) is 12.1 Å². The maximum Gasteiger partial charge on any atom is 0.338 e. The molecular formula is C12H18N2O5S. The van der Waals surface area contributed by atoms with E-state index in [4.69, 9.17) is 10.5 Å². The Morgan fingerprint density at radius 3 is 2.60 bits per heavy atom. The molecule has 0 radical (unpaired) electrons. The first-order chi connectivity index (χ1) is 9.40. The normalized spacial score (nSPS) is 18.7. The van der Waals surface area contributed by atoms with Crippen molar-refractivity contribution in [3.63, 3.8) is 0 Å². The van der Waals surface area contributed by atoms with Gasteiger partial charge in [0.05, 0.1) is 31.2 Å². The summed E-state index contributed by atoms with van der Waals surface area (Å²) in [6.45, 7) is 0.461. The SMILES string of the molecule is COC(=O)c1cc(N)c(OC)c(N2CCCS2(O)O)c1. The molecule has 0 amide bonds. The zero-order chi connectivity index (χ0) is 14.9. The number of benzene rings is 1. The van der Waals surface area contributed by atoms with E-state index in [1.807, 2.05) is 0 Å². The number of rotatable bonds is 3. The Kier molecular flexibility index (Phi) is 3.98. The van der Waals surface area contributed by atoms with Crippen LogP contribution < -0.4 is 14.8 Å². The molecular weight excluding hydrogens is 284 g/mol. The maximum absolute atomic E-state index is 11.6. The van der Waals surface area contributed by atoms with E-state index in [0.29, 0.717) is 30.2 Å². The number of ether oxygens (including phenoxy) is 2. The number of carbonyl (C=O) groups is 1. The average molecular weight is 302 g/mol. The van der Waals surface area contributed by atoms with Crippen molar-refractivity contribution in [1.82, 2.24) is 0 Å². The Labute approximate surface area is 118 Å². The van der Waals surface area contributed by atoms with Gasteiger partial charge in [-0.3, -0.25) is 13.4 Å². The monoisotopic (exact) mass is 302 g/mol. The molecule has 112 valence electrons. The van der Waals surface area contributed by atoms with Gasteiger partial charge < -0.3 is 15.2 Å². The standard InChI is InChI=1S/C12H18N2O5S/c1-18-11-9(13)6-8(12(15)19-2)7-10(11)14-4-3-5-20(14,16)17/h6-7,16-17H,3-5,13H2,1-2H3. The molecule has 20 heavy (non-hydrogen) atoms. The summed E-state index contributed by atoms with van der Waals surface area (Å²) in [5.41, 5.74) is 6.74. The predicted molar refractivity (Wildman–Crippen MR) is 78.4 cm³/mol. The van der Waals surface area contributed by atoms with Gasteiger partial charge in [-0.15, -0.1) is 10.8 Å². The highest BCUT2D eigenvalue weighted by Crippen LogP contribution is 2.54. The van der Waals surface area contributed by atoms with Crippen LogP contribution in [-0.2, 0) is 4.74 Å². The predicted octanol–water partition coefficient (Wildman–Crippen LogP) is 1.94. The van der Waals surface area contributed by atoms with Crippen LogP contribution in [0.1, 0.15) is 16.8 Å². The quantitative estimate of drug-likeness (QED) is 0.578. The van der Waals surface area contributed by atoms with Gasteiger partial charge in [-0.05, 0) is 18.6 Å². The van der Waals surface area contributed by atoms with E-state index in [9.17, 15) is 13.9 Å². The number of esters is 1. The second kappa shape index (κ2) is 5.39. The van der Waals surface area contributed by atoms with Crippen molar-refractivity contribution in [1.29, 1.82) is 0 Å². The number of nitrogen functional groups attached to an aromatic ring is 1. The van der Waals surface area contributed by atoms with Crippen molar-refractivity contribution in [2.45, 2.75) is 6.42 Å². The topological polar surface area (TPSA) is 105 Å². The van der Waals surface area contributed by atoms with Crippen LogP contribution in [0.5, 0.6) is 5.75 Å². The summed E-state index contributed by atoms with van der Waals surface area (Å²) in [6.07, 6.45) is 0.647. The van der Waals surface area contributed by atoms with Crippen LogP contribution >= 0.6 is 10.8 Å². The van der Waals surface area contributed by atoms with Gasteiger partial charge in [-0.2, -0.15) is 0 Å². The second-order valence-electron chi connectivity index (χ2n) is 4.40. The lowest BCUT2D eigenvalue weighted by atomic mass is 10.1. The van der Waals surface area contributed by atoms with Gasteiger partial charge in [-0.25, -0.2) is 4.79 Å². The first-order valence-corrected chi connectivity index (χ1v) is 7.67. The largest absolute Gasteiger partial charge is 0.492 e. The van der Waals surface area contributed by atoms with Gasteiger partial charge in [-0.1, -0.05) is 0 Å². The number of hydrogen-bond donors (Lipinski definition) is 3. The highest BCUT2D eigenvalue weighted by atomic mass is 32.3. The summed E-state index contributed by atoms with van der Waals surface area (Å²) >= 11 is 0. The van der Waals surface area contributed by atoms with E-state index >= 15 is 0 Å². The minimum absolute atomic E-state index is 0.239. The van der Waals surface area contributed by atoms with Crippen LogP contribution in [0.4, 0.5) is 11.4 Å². The highest BCUT2D eigenvalue weighted by Gasteiger charge is 2.32. The average Bonchev–Trinajstić information content (AvgIpc) is 2.76. The molecule has 1 aliphatic rings. The summed E-state index contributed by atoms with van der Waals surface area (Å²) in [5, 5.41) is 0. The van der Waals surface area contributed by atoms with Gasteiger partial charge >= 0.3 is 5.97 Å². The molecule has 8 heteroatoms. The highest BCUT2D eigenvalue weighted by molar-refractivity contribution is 8.25. The Hall–Kier alpha value is -1.64. The Morgan fingerprint density at radius 1 is 1.40 bits per heavy atom. The zero-order valence-corrected chi connectivity index (χ0v) is 12.1. The summed E-state index contributed by atoms with van der Waals surface area (Å²) in [5.74, 6) is 0.0641. The van der Waals surface area contributed by atoms with Gasteiger partial charge in [0.25, 0.3) is 0 Å². The van der Waals surface area contributed by atoms with E-state index in [1.54, 1.807) is 0 Å². The molecule has 0 saturated carbocycles. The molecule has 7 nitrogen and oxygen atoms in total. The Balaban J connectivity index is 2.55. The Bertz CT molecular complexity index is 535. The fourth-order valence-electron chi connectivity index (χ4n) is 2.22. The van der Waals surface area contributed by atoms with Crippen LogP contribution in [0.3, 0.4) is 0 Å². The van der Waals surface area contributed by atoms with E-state index < -0.39 is 16.7 Å². The zero-order valence-electron chi connectivity index (χ0n) is 11.3. The van der Waals surface area contributed by atoms with Crippen molar-refractivity contribution in [2.75, 3.05) is 36.6 Å². The second-order valence-corrected chi connectivity index (χ2v) is 6.51. The summed E-state index contributed by atoms with van der Waals surface area (Å²) in [4.78, 5) is 11.6. The molecule has 0 bridgehead atoms. The molecule has 0 aromatic heterocycles. The molecule has 0 unspecified atom stereocenters. The number of anilines is 2. The summed E-state index contributed by atoms with van der Waals surface area (Å²) < 4.78 is 31.4. The summed E-state index contributed by atoms with van der Waals surface area (Å²) in [7, 11) is -0.184. The van der Waals surface area contributed by atoms with Gasteiger partial charge in [0.1, 0.15) is 5.69 Å². The lowest BCUT2D eigenvalue weighted by Crippen LogP contribution is -2.23. The maximum atomic E-state index is 11.6. The van der Waals surface area contributed by atoms with Gasteiger partial charge in [0.2, 0.25) is 0 Å². The third-order valence-corrected chi connectivity index (χ3v) is 5.05. The van der Waals surface area contributed by atoms with Gasteiger partial charge in [0.15, 0.2) is 5.75 Å². The van der Waals surface area contributed by atoms with Crippen LogP contribution in [0, 0.1) is 0 Å². The first-order valence-electron chi connectivity index (χ1n) is 6.00. The number of nitrogens with zero attached hydrogens (tertiary/aromatic N) is 1. The molecule has 0 atom stereocenters. The molecule has 1 aromatic carbocycles. The number of methoxy groups -OCH3 is 2. The molecule has 0 spiro atoms. The van der Waals surface area contributed by atoms with Crippen molar-refractivity contribution >= 4 is 28.1 Å². The number of hydrogen-bond acceptors (Lipinski definition) is 7. The molecule has 1 heterocycles. The Morgan fingerprint density at radius 2 is 2.10 bits per heavy atom. The van der Waals surface area contributed by atoms with Crippen molar-refractivity contribution in [2.24, 2.45) is 0 Å². The molecule has 1 fully saturated rings. The molecule has 0 aliphatic carbocycles. The molecule has 1 saturated heterocycles. The van der Waals surface area contributed by atoms with E-state index in [-0.39, 0.29) is 11.3 Å². The van der Waals surface area contributed by atoms with Crippen molar-refractivity contribution in [3.8, 4) is 5.75 Å². The van der Waals surface area contributed by atoms with Crippen LogP contribution in [-0.4, -0.2) is 41.6 Å². The minimum atomic E-state index is -2.89. The number of nitrogens with two attached hydrogens (primary N) is 1. The lowest BCUT2D eigenvalue weighted by Gasteiger charge is -2.38. The molecule has 4 N–H and O–H groups in total. The number of carbonyl (C=O) groups excluding carboxylic acids is 1. The first kappa shape index (κ1) is 14.8. The van der Waals surface area contributed by atoms with Crippen molar-refractivity contribution < 1.29 is 23.4 Å². The van der Waals surface area contributed by atoms with E-state index in [0.717, 1.165) is 0 Å². The molecule has 1 aliphatic heterocycles. The van der Waals surface area contributed by atoms with E-state index in [1.165, 1.54) is 30.7 Å². The minimum Gasteiger partial charge on any atom is -0.492 e. The lowest BCUT2D eigenvalue weighted by molar-refractivity contribution is 0.0601. The van der Waals surface area contributed by atoms with Crippen LogP contribution in [0.2, 0.25) is 0 Å². The third kappa shape index (κ3) is 2.49. The fourth-order valence-corrected chi connectivity index (χ4v) is 3.82. The molecule has 1 aromatic rings. The van der Waals surface area contributed by atoms with E-state index in [2.05, 4.69) is 4.74 Å². The third-order valence-electron chi connectivity index (χ3n) is 3.12. The summed E-state index contributed by atoms with van der Waals surface area (Å²) in [6, 6.07) is 2.94. The smallest absolute Gasteiger partial charge is 0.338 e. The fraction of sp³-hybridized carbons (Fsp3) is 0.417. The van der Waals surface area contributed by atoms with Crippen LogP contribution in [0.25, 0.3) is 0 Å². The van der Waals surface area contributed by atoms with Gasteiger partial charge in [0, 0.05) is 6.54 Å². The van der Waals surface area contributed by atoms with Crippen molar-refractivity contribution in [3.05, 3.63) is 17.7 Å².